The molecule has 0 unspecified atom stereocenters. The molecule has 5 rings (SSSR count). The number of piperazine rings is 1. The molecule has 1 heterocycles. The van der Waals surface area contributed by atoms with Crippen molar-refractivity contribution in [2.24, 2.45) is 0 Å². The van der Waals surface area contributed by atoms with Crippen molar-refractivity contribution < 1.29 is 13.2 Å². The van der Waals surface area contributed by atoms with Gasteiger partial charge in [-0.2, -0.15) is 0 Å². The number of benzene rings is 3. The van der Waals surface area contributed by atoms with E-state index in [-0.39, 0.29) is 22.9 Å². The zero-order valence-electron chi connectivity index (χ0n) is 20.4. The molecule has 0 bridgehead atoms. The summed E-state index contributed by atoms with van der Waals surface area (Å²) in [6, 6.07) is 28.3. The third-order valence-electron chi connectivity index (χ3n) is 7.02. The van der Waals surface area contributed by atoms with Crippen molar-refractivity contribution in [3.05, 3.63) is 102 Å². The molecule has 7 heteroatoms. The molecule has 6 nitrogen and oxygen atoms in total. The minimum absolute atomic E-state index is 0.0865. The Hall–Kier alpha value is -3.00. The van der Waals surface area contributed by atoms with Gasteiger partial charge in [-0.25, -0.2) is 13.1 Å². The number of rotatable bonds is 9. The van der Waals surface area contributed by atoms with Gasteiger partial charge in [-0.1, -0.05) is 72.8 Å². The van der Waals surface area contributed by atoms with E-state index in [1.807, 2.05) is 29.2 Å². The summed E-state index contributed by atoms with van der Waals surface area (Å²) in [6.07, 6.45) is 2.85. The highest BCUT2D eigenvalue weighted by Crippen LogP contribution is 2.29. The quantitative estimate of drug-likeness (QED) is 0.479. The van der Waals surface area contributed by atoms with Gasteiger partial charge in [0.15, 0.2) is 0 Å². The summed E-state index contributed by atoms with van der Waals surface area (Å²) in [7, 11) is -3.44. The van der Waals surface area contributed by atoms with E-state index in [1.54, 1.807) is 12.1 Å². The number of hydrogen-bond donors (Lipinski definition) is 1. The van der Waals surface area contributed by atoms with Crippen molar-refractivity contribution in [3.8, 4) is 0 Å². The fourth-order valence-corrected chi connectivity index (χ4v) is 6.15. The summed E-state index contributed by atoms with van der Waals surface area (Å²) < 4.78 is 27.4. The fourth-order valence-electron chi connectivity index (χ4n) is 4.85. The zero-order chi connectivity index (χ0) is 25.0. The maximum Gasteiger partial charge on any atom is 0.240 e. The number of nitrogens with zero attached hydrogens (tertiary/aromatic N) is 2. The van der Waals surface area contributed by atoms with Crippen LogP contribution in [0, 0.1) is 0 Å². The summed E-state index contributed by atoms with van der Waals surface area (Å²) in [6.45, 7) is 3.06. The third-order valence-corrected chi connectivity index (χ3v) is 8.56. The van der Waals surface area contributed by atoms with Gasteiger partial charge in [-0.15, -0.1) is 0 Å². The molecule has 188 valence electrons. The topological polar surface area (TPSA) is 69.7 Å². The van der Waals surface area contributed by atoms with Crippen LogP contribution in [-0.2, 0) is 21.2 Å². The van der Waals surface area contributed by atoms with Crippen molar-refractivity contribution in [2.45, 2.75) is 42.7 Å². The Kier molecular flexibility index (Phi) is 7.51. The highest BCUT2D eigenvalue weighted by molar-refractivity contribution is 7.89. The highest BCUT2D eigenvalue weighted by Gasteiger charge is 2.29. The SMILES string of the molecule is O=C(CCc1ccc(S(=O)(=O)NC2CC2)cc1)N1CCN(C(c2ccccc2)c2ccccc2)CC1. The molecule has 1 aliphatic heterocycles. The van der Waals surface area contributed by atoms with Crippen LogP contribution in [0.5, 0.6) is 0 Å². The van der Waals surface area contributed by atoms with Gasteiger partial charge >= 0.3 is 0 Å². The molecule has 0 radical (unpaired) electrons. The molecule has 36 heavy (non-hydrogen) atoms. The Morgan fingerprint density at radius 1 is 0.806 bits per heavy atom. The van der Waals surface area contributed by atoms with Crippen LogP contribution in [0.4, 0.5) is 0 Å². The number of amides is 1. The number of nitrogens with one attached hydrogen (secondary N) is 1. The van der Waals surface area contributed by atoms with E-state index in [1.165, 1.54) is 11.1 Å². The molecule has 0 aromatic heterocycles. The maximum atomic E-state index is 12.9. The van der Waals surface area contributed by atoms with Gasteiger partial charge in [0.05, 0.1) is 10.9 Å². The second-order valence-corrected chi connectivity index (χ2v) is 11.4. The van der Waals surface area contributed by atoms with E-state index in [9.17, 15) is 13.2 Å². The molecule has 1 amide bonds. The van der Waals surface area contributed by atoms with Crippen LogP contribution in [0.2, 0.25) is 0 Å². The zero-order valence-corrected chi connectivity index (χ0v) is 21.2. The average Bonchev–Trinajstić information content (AvgIpc) is 3.73. The largest absolute Gasteiger partial charge is 0.340 e. The summed E-state index contributed by atoms with van der Waals surface area (Å²) in [4.78, 5) is 17.6. The molecule has 1 aliphatic carbocycles. The second kappa shape index (κ2) is 10.9. The minimum atomic E-state index is -3.44. The molecule has 1 N–H and O–H groups in total. The predicted molar refractivity (Wildman–Crippen MR) is 141 cm³/mol. The number of carbonyl (C=O) groups excluding carboxylic acids is 1. The maximum absolute atomic E-state index is 12.9. The van der Waals surface area contributed by atoms with Crippen molar-refractivity contribution in [1.82, 2.24) is 14.5 Å². The van der Waals surface area contributed by atoms with Crippen LogP contribution in [0.15, 0.2) is 89.8 Å². The van der Waals surface area contributed by atoms with Gasteiger partial charge in [0.25, 0.3) is 0 Å². The normalized spacial score (nSPS) is 16.9. The van der Waals surface area contributed by atoms with Gasteiger partial charge in [0.1, 0.15) is 0 Å². The average molecular weight is 504 g/mol. The smallest absolute Gasteiger partial charge is 0.240 e. The van der Waals surface area contributed by atoms with Crippen molar-refractivity contribution in [1.29, 1.82) is 0 Å². The first kappa shape index (κ1) is 24.7. The van der Waals surface area contributed by atoms with Crippen LogP contribution >= 0.6 is 0 Å². The van der Waals surface area contributed by atoms with Gasteiger partial charge < -0.3 is 4.90 Å². The van der Waals surface area contributed by atoms with E-state index < -0.39 is 10.0 Å². The summed E-state index contributed by atoms with van der Waals surface area (Å²) >= 11 is 0. The van der Waals surface area contributed by atoms with Crippen molar-refractivity contribution >= 4 is 15.9 Å². The molecule has 1 saturated carbocycles. The Bertz CT molecular complexity index is 1210. The molecule has 3 aromatic rings. The third kappa shape index (κ3) is 6.03. The predicted octanol–water partition coefficient (Wildman–Crippen LogP) is 3.99. The van der Waals surface area contributed by atoms with Gasteiger partial charge in [-0.3, -0.25) is 9.69 Å². The molecule has 3 aromatic carbocycles. The monoisotopic (exact) mass is 503 g/mol. The standard InChI is InChI=1S/C29H33N3O3S/c33-28(18-13-23-11-16-27(17-12-23)36(34,35)30-26-14-15-26)31-19-21-32(22-20-31)29(24-7-3-1-4-8-24)25-9-5-2-6-10-25/h1-12,16-17,26,29-30H,13-15,18-22H2. The van der Waals surface area contributed by atoms with Gasteiger partial charge in [0.2, 0.25) is 15.9 Å². The number of carbonyl (C=O) groups is 1. The minimum Gasteiger partial charge on any atom is -0.340 e. The van der Waals surface area contributed by atoms with E-state index in [0.717, 1.165) is 31.5 Å². The molecule has 1 saturated heterocycles. The molecule has 2 aliphatic rings. The van der Waals surface area contributed by atoms with Crippen LogP contribution in [0.3, 0.4) is 0 Å². The number of aryl methyl sites for hydroxylation is 1. The Morgan fingerprint density at radius 3 is 1.89 bits per heavy atom. The second-order valence-electron chi connectivity index (χ2n) is 9.68. The number of hydrogen-bond acceptors (Lipinski definition) is 4. The first-order valence-corrected chi connectivity index (χ1v) is 14.2. The van der Waals surface area contributed by atoms with E-state index in [2.05, 4.69) is 58.2 Å². The molecular weight excluding hydrogens is 470 g/mol. The first-order chi connectivity index (χ1) is 17.5. The lowest BCUT2D eigenvalue weighted by Gasteiger charge is -2.40. The number of sulfonamides is 1. The lowest BCUT2D eigenvalue weighted by Crippen LogP contribution is -2.49. The molecule has 0 atom stereocenters. The van der Waals surface area contributed by atoms with Crippen LogP contribution in [0.25, 0.3) is 0 Å². The van der Waals surface area contributed by atoms with Gasteiger partial charge in [0, 0.05) is 38.6 Å². The van der Waals surface area contributed by atoms with Crippen molar-refractivity contribution in [3.63, 3.8) is 0 Å². The van der Waals surface area contributed by atoms with Gasteiger partial charge in [-0.05, 0) is 48.1 Å². The Morgan fingerprint density at radius 2 is 1.36 bits per heavy atom. The Labute approximate surface area is 214 Å². The lowest BCUT2D eigenvalue weighted by molar-refractivity contribution is -0.133. The molecule has 0 spiro atoms. The fraction of sp³-hybridized carbons (Fsp3) is 0.345. The highest BCUT2D eigenvalue weighted by atomic mass is 32.2. The van der Waals surface area contributed by atoms with E-state index >= 15 is 0 Å². The lowest BCUT2D eigenvalue weighted by atomic mass is 9.96. The van der Waals surface area contributed by atoms with E-state index in [4.69, 9.17) is 0 Å². The van der Waals surface area contributed by atoms with Crippen LogP contribution in [-0.4, -0.2) is 56.3 Å². The molecule has 2 fully saturated rings. The summed E-state index contributed by atoms with van der Waals surface area (Å²) in [5, 5.41) is 0. The Balaban J connectivity index is 1.16. The van der Waals surface area contributed by atoms with E-state index in [0.29, 0.717) is 25.9 Å². The van der Waals surface area contributed by atoms with Crippen molar-refractivity contribution in [2.75, 3.05) is 26.2 Å². The summed E-state index contributed by atoms with van der Waals surface area (Å²) in [5.41, 5.74) is 3.50. The first-order valence-electron chi connectivity index (χ1n) is 12.7. The summed E-state index contributed by atoms with van der Waals surface area (Å²) in [5.74, 6) is 0.151. The molecular formula is C29H33N3O3S. The van der Waals surface area contributed by atoms with Crippen LogP contribution in [0.1, 0.15) is 42.0 Å². The van der Waals surface area contributed by atoms with Crippen LogP contribution < -0.4 is 4.72 Å².